The summed E-state index contributed by atoms with van der Waals surface area (Å²) < 4.78 is 5.61. The molecule has 1 fully saturated rings. The summed E-state index contributed by atoms with van der Waals surface area (Å²) in [5, 5.41) is 3.50. The van der Waals surface area contributed by atoms with Gasteiger partial charge < -0.3 is 9.88 Å². The molecular formula is C9H20BNO. The van der Waals surface area contributed by atoms with Crippen LogP contribution in [0.4, 0.5) is 0 Å². The van der Waals surface area contributed by atoms with Gasteiger partial charge in [0.2, 0.25) is 0 Å². The highest BCUT2D eigenvalue weighted by Gasteiger charge is 2.31. The molecule has 0 unspecified atom stereocenters. The van der Waals surface area contributed by atoms with Crippen molar-refractivity contribution in [3.05, 3.63) is 0 Å². The van der Waals surface area contributed by atoms with Crippen molar-refractivity contribution in [1.82, 2.24) is 5.23 Å². The third-order valence-corrected chi connectivity index (χ3v) is 2.28. The van der Waals surface area contributed by atoms with Crippen LogP contribution >= 0.6 is 0 Å². The van der Waals surface area contributed by atoms with Crippen molar-refractivity contribution in [3.8, 4) is 0 Å². The zero-order valence-electron chi connectivity index (χ0n) is 8.68. The van der Waals surface area contributed by atoms with Gasteiger partial charge in [-0.15, -0.1) is 0 Å². The van der Waals surface area contributed by atoms with Crippen molar-refractivity contribution in [3.63, 3.8) is 0 Å². The van der Waals surface area contributed by atoms with E-state index in [0.717, 1.165) is 19.3 Å². The molecule has 0 atom stereocenters. The Balaban J connectivity index is 2.36. The van der Waals surface area contributed by atoms with Gasteiger partial charge in [-0.3, -0.25) is 0 Å². The van der Waals surface area contributed by atoms with E-state index in [2.05, 4.69) is 32.9 Å². The van der Waals surface area contributed by atoms with Crippen LogP contribution < -0.4 is 5.23 Å². The van der Waals surface area contributed by atoms with Gasteiger partial charge in [0.1, 0.15) is 0 Å². The first-order valence-electron chi connectivity index (χ1n) is 4.89. The molecule has 0 spiro atoms. The zero-order chi connectivity index (χ0) is 9.19. The van der Waals surface area contributed by atoms with Crippen LogP contribution in [0.1, 0.15) is 34.1 Å². The van der Waals surface area contributed by atoms with Crippen LogP contribution in [-0.4, -0.2) is 19.2 Å². The zero-order valence-corrected chi connectivity index (χ0v) is 8.68. The summed E-state index contributed by atoms with van der Waals surface area (Å²) in [5.74, 6) is 0.705. The first-order chi connectivity index (χ1) is 5.49. The lowest BCUT2D eigenvalue weighted by Crippen LogP contribution is -2.55. The van der Waals surface area contributed by atoms with Gasteiger partial charge >= 0.3 is 7.05 Å². The van der Waals surface area contributed by atoms with Crippen LogP contribution in [0.3, 0.4) is 0 Å². The van der Waals surface area contributed by atoms with Gasteiger partial charge in [0, 0.05) is 12.1 Å². The highest BCUT2D eigenvalue weighted by molar-refractivity contribution is 6.49. The highest BCUT2D eigenvalue weighted by Crippen LogP contribution is 2.17. The average molecular weight is 169 g/mol. The Morgan fingerprint density at radius 3 is 2.67 bits per heavy atom. The lowest BCUT2D eigenvalue weighted by Gasteiger charge is -2.35. The van der Waals surface area contributed by atoms with Crippen molar-refractivity contribution < 1.29 is 4.65 Å². The van der Waals surface area contributed by atoms with Crippen molar-refractivity contribution in [2.24, 2.45) is 5.92 Å². The topological polar surface area (TPSA) is 21.3 Å². The fraction of sp³-hybridized carbons (Fsp3) is 1.00. The van der Waals surface area contributed by atoms with E-state index in [1.54, 1.807) is 0 Å². The molecule has 0 amide bonds. The van der Waals surface area contributed by atoms with Crippen LogP contribution in [0, 0.1) is 5.92 Å². The SMILES string of the molecule is CC(C)CB1NC(C)(C)CCO1. The molecule has 1 aliphatic rings. The van der Waals surface area contributed by atoms with E-state index in [1.807, 2.05) is 0 Å². The smallest absolute Gasteiger partial charge is 0.380 e. The lowest BCUT2D eigenvalue weighted by atomic mass is 9.69. The molecule has 1 heterocycles. The minimum absolute atomic E-state index is 0.262. The Bertz CT molecular complexity index is 147. The fourth-order valence-corrected chi connectivity index (χ4v) is 1.56. The van der Waals surface area contributed by atoms with E-state index < -0.39 is 0 Å². The van der Waals surface area contributed by atoms with Crippen molar-refractivity contribution in [2.75, 3.05) is 6.61 Å². The maximum Gasteiger partial charge on any atom is 0.380 e. The minimum atomic E-state index is 0.262. The molecule has 1 aliphatic heterocycles. The summed E-state index contributed by atoms with van der Waals surface area (Å²) in [5.41, 5.74) is 0.262. The molecule has 0 aromatic rings. The highest BCUT2D eigenvalue weighted by atomic mass is 16.4. The Hall–Kier alpha value is -0.0151. The molecule has 0 aromatic carbocycles. The monoisotopic (exact) mass is 169 g/mol. The second-order valence-corrected chi connectivity index (χ2v) is 4.77. The second-order valence-electron chi connectivity index (χ2n) is 4.77. The minimum Gasteiger partial charge on any atom is -0.421 e. The van der Waals surface area contributed by atoms with E-state index in [1.165, 1.54) is 0 Å². The van der Waals surface area contributed by atoms with Gasteiger partial charge in [-0.05, 0) is 32.5 Å². The van der Waals surface area contributed by atoms with Crippen molar-refractivity contribution in [2.45, 2.75) is 46.0 Å². The largest absolute Gasteiger partial charge is 0.421 e. The molecule has 3 heteroatoms. The van der Waals surface area contributed by atoms with Gasteiger partial charge in [-0.25, -0.2) is 0 Å². The number of rotatable bonds is 2. The van der Waals surface area contributed by atoms with E-state index in [9.17, 15) is 0 Å². The average Bonchev–Trinajstić information content (AvgIpc) is 1.82. The Kier molecular flexibility index (Phi) is 3.19. The quantitative estimate of drug-likeness (QED) is 0.637. The number of hydrogen-bond donors (Lipinski definition) is 1. The predicted molar refractivity (Wildman–Crippen MR) is 53.2 cm³/mol. The summed E-state index contributed by atoms with van der Waals surface area (Å²) in [6.07, 6.45) is 2.23. The standard InChI is InChI=1S/C9H20BNO/c1-8(2)7-10-11-9(3,4)5-6-12-10/h8,11H,5-7H2,1-4H3. The Morgan fingerprint density at radius 1 is 1.50 bits per heavy atom. The van der Waals surface area contributed by atoms with Crippen LogP contribution in [0.5, 0.6) is 0 Å². The molecule has 0 saturated carbocycles. The molecule has 0 aliphatic carbocycles. The van der Waals surface area contributed by atoms with Crippen LogP contribution in [0.15, 0.2) is 0 Å². The van der Waals surface area contributed by atoms with Gasteiger partial charge in [0.05, 0.1) is 0 Å². The third-order valence-electron chi connectivity index (χ3n) is 2.28. The number of hydrogen-bond acceptors (Lipinski definition) is 2. The normalized spacial score (nSPS) is 23.2. The predicted octanol–water partition coefficient (Wildman–Crippen LogP) is 1.92. The molecule has 1 N–H and O–H groups in total. The summed E-state index contributed by atoms with van der Waals surface area (Å²) in [6.45, 7) is 9.84. The maximum absolute atomic E-state index is 5.61. The van der Waals surface area contributed by atoms with E-state index in [-0.39, 0.29) is 12.6 Å². The van der Waals surface area contributed by atoms with Gasteiger partial charge in [0.25, 0.3) is 0 Å². The summed E-state index contributed by atoms with van der Waals surface area (Å²) >= 11 is 0. The molecule has 1 saturated heterocycles. The Morgan fingerprint density at radius 2 is 2.17 bits per heavy atom. The molecule has 0 bridgehead atoms. The van der Waals surface area contributed by atoms with Crippen LogP contribution in [-0.2, 0) is 4.65 Å². The van der Waals surface area contributed by atoms with Crippen LogP contribution in [0.2, 0.25) is 6.32 Å². The van der Waals surface area contributed by atoms with Crippen LogP contribution in [0.25, 0.3) is 0 Å². The summed E-state index contributed by atoms with van der Waals surface area (Å²) in [7, 11) is 0.272. The van der Waals surface area contributed by atoms with Crippen molar-refractivity contribution >= 4 is 7.05 Å². The van der Waals surface area contributed by atoms with E-state index in [0.29, 0.717) is 5.92 Å². The summed E-state index contributed by atoms with van der Waals surface area (Å²) in [6, 6.07) is 0. The first kappa shape index (κ1) is 10.1. The summed E-state index contributed by atoms with van der Waals surface area (Å²) in [4.78, 5) is 0. The van der Waals surface area contributed by atoms with Gasteiger partial charge in [-0.1, -0.05) is 13.8 Å². The molecule has 70 valence electrons. The van der Waals surface area contributed by atoms with E-state index in [4.69, 9.17) is 4.65 Å². The maximum atomic E-state index is 5.61. The molecule has 0 radical (unpaired) electrons. The molecular weight excluding hydrogens is 149 g/mol. The van der Waals surface area contributed by atoms with Gasteiger partial charge in [-0.2, -0.15) is 0 Å². The van der Waals surface area contributed by atoms with Gasteiger partial charge in [0.15, 0.2) is 0 Å². The third kappa shape index (κ3) is 3.15. The molecule has 12 heavy (non-hydrogen) atoms. The van der Waals surface area contributed by atoms with Crippen molar-refractivity contribution in [1.29, 1.82) is 0 Å². The fourth-order valence-electron chi connectivity index (χ4n) is 1.56. The first-order valence-corrected chi connectivity index (χ1v) is 4.89. The molecule has 2 nitrogen and oxygen atoms in total. The lowest BCUT2D eigenvalue weighted by molar-refractivity contribution is 0.207. The number of nitrogens with one attached hydrogen (secondary N) is 1. The Labute approximate surface area is 76.2 Å². The molecule has 1 rings (SSSR count). The second kappa shape index (κ2) is 3.80. The molecule has 0 aromatic heterocycles. The van der Waals surface area contributed by atoms with E-state index >= 15 is 0 Å².